The van der Waals surface area contributed by atoms with Crippen molar-refractivity contribution in [1.82, 2.24) is 30.2 Å². The standard InChI is InChI=1S/C23H30N6O/c1-4-13-27(14-5-1)23(22-26-20-7-2-3-9-21(20)30-22)18(19-8-6-10-25-19)17-29(23)28-15-11-24-12-16-28/h2-3,6-10,18,24-25H,1,4-5,11-17H2. The highest BCUT2D eigenvalue weighted by Gasteiger charge is 2.64. The second-order valence-electron chi connectivity index (χ2n) is 8.72. The second-order valence-corrected chi connectivity index (χ2v) is 8.72. The van der Waals surface area contributed by atoms with Crippen LogP contribution in [-0.4, -0.2) is 70.7 Å². The van der Waals surface area contributed by atoms with Gasteiger partial charge in [-0.2, -0.15) is 0 Å². The average molecular weight is 407 g/mol. The number of oxazole rings is 1. The van der Waals surface area contributed by atoms with Crippen molar-refractivity contribution in [3.05, 3.63) is 54.2 Å². The van der Waals surface area contributed by atoms with Crippen molar-refractivity contribution < 1.29 is 4.42 Å². The third-order valence-corrected chi connectivity index (χ3v) is 7.11. The highest BCUT2D eigenvalue weighted by atomic mass is 16.4. The van der Waals surface area contributed by atoms with E-state index >= 15 is 0 Å². The van der Waals surface area contributed by atoms with Gasteiger partial charge in [-0.25, -0.2) is 15.0 Å². The number of para-hydroxylation sites is 2. The first kappa shape index (κ1) is 18.6. The van der Waals surface area contributed by atoms with E-state index in [1.807, 2.05) is 24.4 Å². The van der Waals surface area contributed by atoms with Gasteiger partial charge in [0.1, 0.15) is 5.52 Å². The molecule has 6 rings (SSSR count). The second kappa shape index (κ2) is 7.50. The van der Waals surface area contributed by atoms with Crippen LogP contribution < -0.4 is 5.32 Å². The van der Waals surface area contributed by atoms with E-state index in [-0.39, 0.29) is 5.66 Å². The van der Waals surface area contributed by atoms with Gasteiger partial charge in [0.2, 0.25) is 5.89 Å². The van der Waals surface area contributed by atoms with Crippen molar-refractivity contribution in [3.8, 4) is 0 Å². The third kappa shape index (κ3) is 2.76. The summed E-state index contributed by atoms with van der Waals surface area (Å²) in [6.07, 6.45) is 5.81. The number of hydrogen-bond donors (Lipinski definition) is 2. The molecule has 3 saturated heterocycles. The van der Waals surface area contributed by atoms with Crippen LogP contribution in [0, 0.1) is 0 Å². The normalized spacial score (nSPS) is 29.3. The van der Waals surface area contributed by atoms with Crippen LogP contribution in [0.2, 0.25) is 0 Å². The van der Waals surface area contributed by atoms with Crippen molar-refractivity contribution >= 4 is 11.1 Å². The molecule has 7 nitrogen and oxygen atoms in total. The maximum Gasteiger partial charge on any atom is 0.233 e. The van der Waals surface area contributed by atoms with Crippen LogP contribution in [0.1, 0.15) is 36.8 Å². The van der Waals surface area contributed by atoms with Gasteiger partial charge in [0.15, 0.2) is 11.2 Å². The molecule has 0 aliphatic carbocycles. The number of aromatic nitrogens is 2. The Labute approximate surface area is 177 Å². The molecular weight excluding hydrogens is 376 g/mol. The number of nitrogens with zero attached hydrogens (tertiary/aromatic N) is 4. The molecule has 7 heteroatoms. The van der Waals surface area contributed by atoms with Gasteiger partial charge in [-0.3, -0.25) is 4.90 Å². The van der Waals surface area contributed by atoms with E-state index < -0.39 is 0 Å². The van der Waals surface area contributed by atoms with Gasteiger partial charge in [-0.1, -0.05) is 18.6 Å². The summed E-state index contributed by atoms with van der Waals surface area (Å²) in [6.45, 7) is 7.23. The molecule has 0 saturated carbocycles. The SMILES string of the molecule is c1c[nH]c(C2CN(N3CCNCC3)C2(c2nc3ccccc3o2)N2CCCCC2)c1. The molecule has 158 valence electrons. The van der Waals surface area contributed by atoms with E-state index in [9.17, 15) is 0 Å². The quantitative estimate of drug-likeness (QED) is 0.695. The fourth-order valence-corrected chi connectivity index (χ4v) is 5.65. The Kier molecular flexibility index (Phi) is 4.64. The number of hydrogen-bond acceptors (Lipinski definition) is 6. The van der Waals surface area contributed by atoms with Crippen molar-refractivity contribution in [2.45, 2.75) is 30.8 Å². The molecule has 5 heterocycles. The topological polar surface area (TPSA) is 63.6 Å². The van der Waals surface area contributed by atoms with Crippen LogP contribution in [0.3, 0.4) is 0 Å². The Bertz CT molecular complexity index is 955. The molecule has 3 aliphatic heterocycles. The molecule has 0 bridgehead atoms. The van der Waals surface area contributed by atoms with Crippen LogP contribution in [0.15, 0.2) is 47.0 Å². The molecule has 0 spiro atoms. The van der Waals surface area contributed by atoms with Crippen molar-refractivity contribution in [1.29, 1.82) is 0 Å². The molecule has 2 N–H and O–H groups in total. The molecule has 3 fully saturated rings. The first-order valence-corrected chi connectivity index (χ1v) is 11.3. The fraction of sp³-hybridized carbons (Fsp3) is 0.522. The summed E-state index contributed by atoms with van der Waals surface area (Å²) in [6, 6.07) is 12.5. The fourth-order valence-electron chi connectivity index (χ4n) is 5.65. The van der Waals surface area contributed by atoms with Gasteiger partial charge in [-0.05, 0) is 37.1 Å². The molecule has 3 aliphatic rings. The van der Waals surface area contributed by atoms with E-state index in [0.717, 1.165) is 62.8 Å². The molecule has 2 unspecified atom stereocenters. The number of piperazine rings is 1. The summed E-state index contributed by atoms with van der Waals surface area (Å²) >= 11 is 0. The summed E-state index contributed by atoms with van der Waals surface area (Å²) in [7, 11) is 0. The number of rotatable bonds is 4. The van der Waals surface area contributed by atoms with Crippen LogP contribution in [0.5, 0.6) is 0 Å². The predicted octanol–water partition coefficient (Wildman–Crippen LogP) is 2.71. The molecule has 1 aromatic carbocycles. The number of nitrogens with one attached hydrogen (secondary N) is 2. The van der Waals surface area contributed by atoms with E-state index in [1.165, 1.54) is 25.0 Å². The summed E-state index contributed by atoms with van der Waals surface area (Å²) in [4.78, 5) is 11.2. The minimum atomic E-state index is -0.373. The van der Waals surface area contributed by atoms with Gasteiger partial charge >= 0.3 is 0 Å². The van der Waals surface area contributed by atoms with E-state index in [1.54, 1.807) is 0 Å². The van der Waals surface area contributed by atoms with E-state index in [0.29, 0.717) is 5.92 Å². The summed E-state index contributed by atoms with van der Waals surface area (Å²) in [5.41, 5.74) is 2.72. The predicted molar refractivity (Wildman–Crippen MR) is 116 cm³/mol. The lowest BCUT2D eigenvalue weighted by atomic mass is 9.77. The van der Waals surface area contributed by atoms with Crippen molar-refractivity contribution in [3.63, 3.8) is 0 Å². The monoisotopic (exact) mass is 406 g/mol. The average Bonchev–Trinajstić information content (AvgIpc) is 3.45. The Hall–Kier alpha value is -2.19. The molecule has 3 aromatic rings. The highest BCUT2D eigenvalue weighted by Crippen LogP contribution is 2.54. The number of hydrazine groups is 1. The van der Waals surface area contributed by atoms with Crippen LogP contribution in [0.4, 0.5) is 0 Å². The number of piperidine rings is 1. The number of H-pyrrole nitrogens is 1. The van der Waals surface area contributed by atoms with E-state index in [4.69, 9.17) is 9.40 Å². The number of aromatic amines is 1. The highest BCUT2D eigenvalue weighted by molar-refractivity contribution is 5.72. The Balaban J connectivity index is 1.52. The lowest BCUT2D eigenvalue weighted by Gasteiger charge is -2.64. The van der Waals surface area contributed by atoms with Crippen molar-refractivity contribution in [2.24, 2.45) is 0 Å². The smallest absolute Gasteiger partial charge is 0.233 e. The minimum absolute atomic E-state index is 0.300. The maximum absolute atomic E-state index is 6.53. The Morgan fingerprint density at radius 3 is 2.57 bits per heavy atom. The summed E-state index contributed by atoms with van der Waals surface area (Å²) in [5, 5.41) is 8.59. The summed E-state index contributed by atoms with van der Waals surface area (Å²) < 4.78 is 6.53. The zero-order valence-corrected chi connectivity index (χ0v) is 17.4. The minimum Gasteiger partial charge on any atom is -0.437 e. The molecule has 2 aromatic heterocycles. The van der Waals surface area contributed by atoms with Gasteiger partial charge < -0.3 is 14.7 Å². The van der Waals surface area contributed by atoms with Gasteiger partial charge in [0.05, 0.1) is 5.92 Å². The van der Waals surface area contributed by atoms with Crippen LogP contribution >= 0.6 is 0 Å². The Morgan fingerprint density at radius 1 is 0.967 bits per heavy atom. The molecule has 0 amide bonds. The summed E-state index contributed by atoms with van der Waals surface area (Å²) in [5.74, 6) is 1.14. The van der Waals surface area contributed by atoms with Gasteiger partial charge in [-0.15, -0.1) is 0 Å². The molecule has 2 atom stereocenters. The first-order valence-electron chi connectivity index (χ1n) is 11.3. The van der Waals surface area contributed by atoms with Gasteiger partial charge in [0, 0.05) is 57.7 Å². The lowest BCUT2D eigenvalue weighted by Crippen LogP contribution is -2.77. The number of likely N-dealkylation sites (tertiary alicyclic amines) is 1. The molecular formula is C23H30N6O. The molecule has 0 radical (unpaired) electrons. The largest absolute Gasteiger partial charge is 0.437 e. The molecule has 30 heavy (non-hydrogen) atoms. The number of benzene rings is 1. The lowest BCUT2D eigenvalue weighted by molar-refractivity contribution is -0.279. The third-order valence-electron chi connectivity index (χ3n) is 7.11. The zero-order valence-electron chi connectivity index (χ0n) is 17.4. The zero-order chi connectivity index (χ0) is 20.0. The number of fused-ring (bicyclic) bond motifs is 1. The van der Waals surface area contributed by atoms with Crippen LogP contribution in [0.25, 0.3) is 11.1 Å². The van der Waals surface area contributed by atoms with Crippen LogP contribution in [-0.2, 0) is 5.66 Å². The Morgan fingerprint density at radius 2 is 1.80 bits per heavy atom. The van der Waals surface area contributed by atoms with E-state index in [2.05, 4.69) is 43.4 Å². The maximum atomic E-state index is 6.53. The van der Waals surface area contributed by atoms with Crippen molar-refractivity contribution in [2.75, 3.05) is 45.8 Å². The van der Waals surface area contributed by atoms with Gasteiger partial charge in [0.25, 0.3) is 0 Å². The first-order chi connectivity index (χ1) is 14.9.